The molecule has 0 saturated heterocycles. The molecule has 0 spiro atoms. The van der Waals surface area contributed by atoms with Crippen molar-refractivity contribution in [2.45, 2.75) is 6.54 Å². The highest BCUT2D eigenvalue weighted by atomic mass is 16.5. The number of nitrogens with zero attached hydrogens (tertiary/aromatic N) is 2. The van der Waals surface area contributed by atoms with Gasteiger partial charge in [0.1, 0.15) is 11.6 Å². The van der Waals surface area contributed by atoms with Crippen LogP contribution in [0.25, 0.3) is 28.5 Å². The van der Waals surface area contributed by atoms with Crippen molar-refractivity contribution in [1.82, 2.24) is 9.55 Å². The summed E-state index contributed by atoms with van der Waals surface area (Å²) in [6, 6.07) is 26.6. The number of benzene rings is 3. The molecular weight excluding hydrogens is 320 g/mol. The molecule has 4 rings (SSSR count). The number of aromatic nitrogens is 2. The Morgan fingerprint density at radius 3 is 2.58 bits per heavy atom. The summed E-state index contributed by atoms with van der Waals surface area (Å²) < 4.78 is 7.62. The van der Waals surface area contributed by atoms with Crippen LogP contribution in [0.3, 0.4) is 0 Å². The summed E-state index contributed by atoms with van der Waals surface area (Å²) in [4.78, 5) is 4.86. The topological polar surface area (TPSA) is 27.1 Å². The van der Waals surface area contributed by atoms with Crippen LogP contribution in [0.4, 0.5) is 0 Å². The molecule has 0 N–H and O–H groups in total. The molecule has 0 atom stereocenters. The van der Waals surface area contributed by atoms with Crippen molar-refractivity contribution in [3.63, 3.8) is 0 Å². The van der Waals surface area contributed by atoms with Gasteiger partial charge in [-0.1, -0.05) is 66.7 Å². The van der Waals surface area contributed by atoms with Gasteiger partial charge in [-0.15, -0.1) is 0 Å². The van der Waals surface area contributed by atoms with Crippen molar-refractivity contribution in [3.05, 3.63) is 90.5 Å². The number of methoxy groups -OCH3 is 1. The highest BCUT2D eigenvalue weighted by Crippen LogP contribution is 2.27. The first-order valence-corrected chi connectivity index (χ1v) is 8.66. The maximum Gasteiger partial charge on any atom is 0.141 e. The number of hydrogen-bond acceptors (Lipinski definition) is 2. The van der Waals surface area contributed by atoms with Crippen molar-refractivity contribution >= 4 is 17.1 Å². The van der Waals surface area contributed by atoms with E-state index < -0.39 is 0 Å². The summed E-state index contributed by atoms with van der Waals surface area (Å²) in [6.45, 7) is 0.752. The van der Waals surface area contributed by atoms with E-state index >= 15 is 0 Å². The first-order chi connectivity index (χ1) is 12.8. The van der Waals surface area contributed by atoms with Crippen LogP contribution in [-0.4, -0.2) is 16.7 Å². The molecule has 0 aliphatic heterocycles. The van der Waals surface area contributed by atoms with E-state index in [2.05, 4.69) is 53.1 Å². The van der Waals surface area contributed by atoms with Crippen LogP contribution in [-0.2, 0) is 6.54 Å². The second kappa shape index (κ2) is 7.28. The molecule has 0 radical (unpaired) electrons. The Hall–Kier alpha value is -3.33. The zero-order valence-electron chi connectivity index (χ0n) is 14.7. The van der Waals surface area contributed by atoms with Crippen LogP contribution in [0.2, 0.25) is 0 Å². The van der Waals surface area contributed by atoms with E-state index in [0.29, 0.717) is 0 Å². The molecule has 128 valence electrons. The average Bonchev–Trinajstić information content (AvgIpc) is 3.08. The Morgan fingerprint density at radius 1 is 0.923 bits per heavy atom. The third-order valence-electron chi connectivity index (χ3n) is 4.38. The van der Waals surface area contributed by atoms with Gasteiger partial charge in [-0.2, -0.15) is 0 Å². The van der Waals surface area contributed by atoms with Crippen LogP contribution in [0.1, 0.15) is 5.56 Å². The maximum atomic E-state index is 5.38. The maximum absolute atomic E-state index is 5.38. The molecule has 0 unspecified atom stereocenters. The van der Waals surface area contributed by atoms with Crippen LogP contribution in [0, 0.1) is 0 Å². The predicted molar refractivity (Wildman–Crippen MR) is 107 cm³/mol. The first-order valence-electron chi connectivity index (χ1n) is 8.66. The lowest BCUT2D eigenvalue weighted by Crippen LogP contribution is -1.98. The third-order valence-corrected chi connectivity index (χ3v) is 4.38. The first kappa shape index (κ1) is 16.2. The summed E-state index contributed by atoms with van der Waals surface area (Å²) in [6.07, 6.45) is 4.32. The fourth-order valence-corrected chi connectivity index (χ4v) is 3.10. The van der Waals surface area contributed by atoms with Crippen LogP contribution in [0.15, 0.2) is 84.9 Å². The average molecular weight is 340 g/mol. The summed E-state index contributed by atoms with van der Waals surface area (Å²) in [5, 5.41) is 0. The van der Waals surface area contributed by atoms with Crippen molar-refractivity contribution < 1.29 is 4.74 Å². The molecule has 1 aromatic heterocycles. The fraction of sp³-hybridized carbons (Fsp3) is 0.0870. The summed E-state index contributed by atoms with van der Waals surface area (Å²) in [5.41, 5.74) is 4.37. The Labute approximate surface area is 153 Å². The van der Waals surface area contributed by atoms with E-state index in [4.69, 9.17) is 9.72 Å². The van der Waals surface area contributed by atoms with Gasteiger partial charge in [0.05, 0.1) is 18.1 Å². The van der Waals surface area contributed by atoms with E-state index in [1.54, 1.807) is 7.11 Å². The minimum Gasteiger partial charge on any atom is -0.497 e. The Morgan fingerprint density at radius 2 is 1.73 bits per heavy atom. The minimum atomic E-state index is 0.752. The highest BCUT2D eigenvalue weighted by Gasteiger charge is 2.12. The number of para-hydroxylation sites is 2. The van der Waals surface area contributed by atoms with Gasteiger partial charge >= 0.3 is 0 Å². The Kier molecular flexibility index (Phi) is 4.52. The van der Waals surface area contributed by atoms with Gasteiger partial charge in [0.15, 0.2) is 0 Å². The van der Waals surface area contributed by atoms with E-state index in [1.807, 2.05) is 42.5 Å². The van der Waals surface area contributed by atoms with Crippen LogP contribution in [0.5, 0.6) is 5.75 Å². The van der Waals surface area contributed by atoms with E-state index in [9.17, 15) is 0 Å². The molecule has 3 aromatic carbocycles. The lowest BCUT2D eigenvalue weighted by Gasteiger charge is -2.08. The molecule has 1 heterocycles. The predicted octanol–water partition coefficient (Wildman–Crippen LogP) is 5.43. The molecular formula is C23H20N2O. The van der Waals surface area contributed by atoms with Gasteiger partial charge in [0, 0.05) is 12.1 Å². The molecule has 0 aliphatic rings. The number of imidazole rings is 1. The van der Waals surface area contributed by atoms with Gasteiger partial charge in [-0.25, -0.2) is 4.98 Å². The molecule has 0 fully saturated rings. The Balaban J connectivity index is 1.75. The zero-order chi connectivity index (χ0) is 17.8. The molecule has 0 bridgehead atoms. The lowest BCUT2D eigenvalue weighted by molar-refractivity contribution is 0.415. The largest absolute Gasteiger partial charge is 0.497 e. The molecule has 26 heavy (non-hydrogen) atoms. The molecule has 0 aliphatic carbocycles. The van der Waals surface area contributed by atoms with E-state index in [-0.39, 0.29) is 0 Å². The van der Waals surface area contributed by atoms with Crippen LogP contribution < -0.4 is 4.74 Å². The number of ether oxygens (including phenoxy) is 1. The van der Waals surface area contributed by atoms with Gasteiger partial charge in [-0.3, -0.25) is 0 Å². The lowest BCUT2D eigenvalue weighted by atomic mass is 10.2. The van der Waals surface area contributed by atoms with Gasteiger partial charge in [0.2, 0.25) is 0 Å². The number of rotatable bonds is 5. The summed E-state index contributed by atoms with van der Waals surface area (Å²) >= 11 is 0. The second-order valence-corrected chi connectivity index (χ2v) is 6.08. The second-order valence-electron chi connectivity index (χ2n) is 6.08. The number of fused-ring (bicyclic) bond motifs is 1. The Bertz CT molecular complexity index is 1050. The van der Waals surface area contributed by atoms with E-state index in [1.165, 1.54) is 5.56 Å². The standard InChI is InChI=1S/C23H20N2O/c1-26-20-13-7-12-19(17-20)23-24-21-14-5-6-15-22(21)25(23)16-8-11-18-9-3-2-4-10-18/h2-15,17H,16H2,1H3/b11-8+. The van der Waals surface area contributed by atoms with Crippen molar-refractivity contribution in [2.75, 3.05) is 7.11 Å². The molecule has 4 aromatic rings. The third kappa shape index (κ3) is 3.24. The fourth-order valence-electron chi connectivity index (χ4n) is 3.10. The van der Waals surface area contributed by atoms with Crippen molar-refractivity contribution in [1.29, 1.82) is 0 Å². The zero-order valence-corrected chi connectivity index (χ0v) is 14.7. The molecule has 3 nitrogen and oxygen atoms in total. The quantitative estimate of drug-likeness (QED) is 0.485. The molecule has 0 saturated carbocycles. The molecule has 0 amide bonds. The number of allylic oxidation sites excluding steroid dienone is 1. The van der Waals surface area contributed by atoms with Gasteiger partial charge < -0.3 is 9.30 Å². The summed E-state index contributed by atoms with van der Waals surface area (Å²) in [7, 11) is 1.69. The van der Waals surface area contributed by atoms with Gasteiger partial charge in [-0.05, 0) is 29.8 Å². The number of hydrogen-bond donors (Lipinski definition) is 0. The minimum absolute atomic E-state index is 0.752. The SMILES string of the molecule is COc1cccc(-c2nc3ccccc3n2C/C=C/c2ccccc2)c1. The van der Waals surface area contributed by atoms with Crippen molar-refractivity contribution in [3.8, 4) is 17.1 Å². The normalized spacial score (nSPS) is 11.3. The smallest absolute Gasteiger partial charge is 0.141 e. The molecule has 3 heteroatoms. The van der Waals surface area contributed by atoms with Crippen molar-refractivity contribution in [2.24, 2.45) is 0 Å². The summed E-state index contributed by atoms with van der Waals surface area (Å²) in [5.74, 6) is 1.78. The van der Waals surface area contributed by atoms with E-state index in [0.717, 1.165) is 34.7 Å². The highest BCUT2D eigenvalue weighted by molar-refractivity contribution is 5.81. The monoisotopic (exact) mass is 340 g/mol. The van der Waals surface area contributed by atoms with Crippen LogP contribution >= 0.6 is 0 Å². The van der Waals surface area contributed by atoms with Gasteiger partial charge in [0.25, 0.3) is 0 Å².